The number of allylic oxidation sites excluding steroid dienone is 1. The summed E-state index contributed by atoms with van der Waals surface area (Å²) in [7, 11) is 0. The zero-order chi connectivity index (χ0) is 28.2. The molecule has 6 aromatic carbocycles. The molecule has 0 radical (unpaired) electrons. The molecule has 6 rings (SSSR count). The second-order valence-electron chi connectivity index (χ2n) is 10.5. The number of para-hydroxylation sites is 1. The smallest absolute Gasteiger partial charge is 0.113 e. The van der Waals surface area contributed by atoms with E-state index in [1.54, 1.807) is 0 Å². The molecule has 0 aliphatic carbocycles. The van der Waals surface area contributed by atoms with Crippen LogP contribution in [0, 0.1) is 6.92 Å². The number of aliphatic hydroxyl groups excluding tert-OH is 1. The largest absolute Gasteiger partial charge is 0.494 e. The average molecular weight is 536 g/mol. The van der Waals surface area contributed by atoms with Gasteiger partial charge >= 0.3 is 0 Å². The van der Waals surface area contributed by atoms with Crippen molar-refractivity contribution in [2.75, 3.05) is 4.90 Å². The second-order valence-corrected chi connectivity index (χ2v) is 10.5. The highest BCUT2D eigenvalue weighted by Gasteiger charge is 2.13. The molecule has 0 aliphatic rings. The number of hydrogen-bond donors (Lipinski definition) is 1. The molecule has 0 spiro atoms. The third-order valence-electron chi connectivity index (χ3n) is 7.48. The van der Waals surface area contributed by atoms with E-state index in [1.165, 1.54) is 16.3 Å². The topological polar surface area (TPSA) is 32.7 Å². The van der Waals surface area contributed by atoms with Crippen molar-refractivity contribution in [3.63, 3.8) is 0 Å². The van der Waals surface area contributed by atoms with Crippen LogP contribution in [-0.4, -0.2) is 5.11 Å². The summed E-state index contributed by atoms with van der Waals surface area (Å²) in [6, 6.07) is 44.6. The summed E-state index contributed by atoms with van der Waals surface area (Å²) in [5, 5.41) is 14.5. The van der Waals surface area contributed by atoms with Crippen LogP contribution in [0.3, 0.4) is 0 Å². The highest BCUT2D eigenvalue weighted by atomic mass is 16.5. The third-order valence-corrected chi connectivity index (χ3v) is 7.48. The predicted molar refractivity (Wildman–Crippen MR) is 172 cm³/mol. The number of hydrogen-bond acceptors (Lipinski definition) is 3. The molecule has 0 aromatic heterocycles. The van der Waals surface area contributed by atoms with Crippen molar-refractivity contribution >= 4 is 44.7 Å². The number of nitrogens with zero attached hydrogens (tertiary/aromatic N) is 1. The van der Waals surface area contributed by atoms with Gasteiger partial charge in [-0.05, 0) is 113 Å². The summed E-state index contributed by atoms with van der Waals surface area (Å²) < 4.78 is 6.14. The van der Waals surface area contributed by atoms with Gasteiger partial charge in [0.05, 0.1) is 12.4 Å². The lowest BCUT2D eigenvalue weighted by molar-refractivity contribution is 0.199. The van der Waals surface area contributed by atoms with Crippen LogP contribution in [0.25, 0.3) is 27.6 Å². The number of fused-ring (bicyclic) bond motifs is 2. The molecule has 0 unspecified atom stereocenters. The normalized spacial score (nSPS) is 11.6. The van der Waals surface area contributed by atoms with Crippen LogP contribution in [0.1, 0.15) is 29.2 Å². The van der Waals surface area contributed by atoms with Crippen LogP contribution >= 0.6 is 0 Å². The summed E-state index contributed by atoms with van der Waals surface area (Å²) >= 11 is 0. The first-order chi connectivity index (χ1) is 20.1. The highest BCUT2D eigenvalue weighted by Crippen LogP contribution is 2.36. The maximum atomic E-state index is 9.90. The molecular weight excluding hydrogens is 502 g/mol. The number of benzene rings is 6. The van der Waals surface area contributed by atoms with Gasteiger partial charge in [0.2, 0.25) is 0 Å². The number of anilines is 3. The van der Waals surface area contributed by atoms with Crippen molar-refractivity contribution in [1.82, 2.24) is 0 Å². The lowest BCUT2D eigenvalue weighted by Crippen LogP contribution is -2.09. The van der Waals surface area contributed by atoms with Gasteiger partial charge in [-0.2, -0.15) is 0 Å². The minimum Gasteiger partial charge on any atom is -0.494 e. The predicted octanol–water partition coefficient (Wildman–Crippen LogP) is 9.84. The van der Waals surface area contributed by atoms with Gasteiger partial charge in [0, 0.05) is 17.1 Å². The molecule has 0 aliphatic heterocycles. The molecule has 0 saturated carbocycles. The third kappa shape index (κ3) is 5.86. The van der Waals surface area contributed by atoms with E-state index in [-0.39, 0.29) is 6.61 Å². The van der Waals surface area contributed by atoms with E-state index in [4.69, 9.17) is 4.74 Å². The monoisotopic (exact) mass is 535 g/mol. The maximum Gasteiger partial charge on any atom is 0.113 e. The van der Waals surface area contributed by atoms with Crippen molar-refractivity contribution in [3.8, 4) is 0 Å². The molecule has 0 fully saturated rings. The van der Waals surface area contributed by atoms with E-state index in [0.29, 0.717) is 6.61 Å². The van der Waals surface area contributed by atoms with Gasteiger partial charge in [-0.3, -0.25) is 0 Å². The number of ether oxygens (including phenoxy) is 1. The fraction of sp³-hybridized carbons (Fsp3) is 0.105. The molecule has 202 valence electrons. The molecule has 41 heavy (non-hydrogen) atoms. The number of rotatable bonds is 8. The van der Waals surface area contributed by atoms with E-state index in [0.717, 1.165) is 50.3 Å². The van der Waals surface area contributed by atoms with Gasteiger partial charge in [-0.15, -0.1) is 0 Å². The Kier molecular flexibility index (Phi) is 7.53. The van der Waals surface area contributed by atoms with E-state index < -0.39 is 0 Å². The minimum absolute atomic E-state index is 0.00936. The molecule has 3 heteroatoms. The first-order valence-corrected chi connectivity index (χ1v) is 14.0. The zero-order valence-corrected chi connectivity index (χ0v) is 23.4. The van der Waals surface area contributed by atoms with Gasteiger partial charge in [0.25, 0.3) is 0 Å². The van der Waals surface area contributed by atoms with Crippen molar-refractivity contribution < 1.29 is 9.84 Å². The minimum atomic E-state index is -0.00936. The van der Waals surface area contributed by atoms with Gasteiger partial charge in [-0.1, -0.05) is 78.4 Å². The maximum absolute atomic E-state index is 9.90. The summed E-state index contributed by atoms with van der Waals surface area (Å²) in [5.41, 5.74) is 7.59. The van der Waals surface area contributed by atoms with Crippen molar-refractivity contribution in [2.45, 2.75) is 27.1 Å². The summed E-state index contributed by atoms with van der Waals surface area (Å²) in [6.07, 6.45) is 2.07. The first kappa shape index (κ1) is 26.4. The molecule has 0 saturated heterocycles. The Bertz CT molecular complexity index is 1840. The Hall–Kier alpha value is -4.86. The Morgan fingerprint density at radius 2 is 1.22 bits per heavy atom. The highest BCUT2D eigenvalue weighted by molar-refractivity contribution is 5.90. The Morgan fingerprint density at radius 1 is 0.634 bits per heavy atom. The quantitative estimate of drug-likeness (QED) is 0.197. The summed E-state index contributed by atoms with van der Waals surface area (Å²) in [6.45, 7) is 4.49. The van der Waals surface area contributed by atoms with Crippen molar-refractivity contribution in [2.24, 2.45) is 0 Å². The molecule has 6 aromatic rings. The van der Waals surface area contributed by atoms with Crippen LogP contribution in [0.2, 0.25) is 0 Å². The van der Waals surface area contributed by atoms with E-state index in [1.807, 2.05) is 31.2 Å². The fourth-order valence-electron chi connectivity index (χ4n) is 5.28. The van der Waals surface area contributed by atoms with Gasteiger partial charge in [0.15, 0.2) is 0 Å². The molecule has 0 bridgehead atoms. The zero-order valence-electron chi connectivity index (χ0n) is 23.4. The Balaban J connectivity index is 1.24. The van der Waals surface area contributed by atoms with Crippen LogP contribution < -0.4 is 4.90 Å². The lowest BCUT2D eigenvalue weighted by Gasteiger charge is -2.26. The molecule has 0 heterocycles. The second kappa shape index (κ2) is 11.7. The van der Waals surface area contributed by atoms with Crippen LogP contribution in [0.4, 0.5) is 17.1 Å². The SMILES string of the molecule is CC(=Cc1ccc2cc(N(c3ccccc3)c3ccc(C)cc3)ccc2c1)OCc1cc2ccccc2cc1CO. The fourth-order valence-corrected chi connectivity index (χ4v) is 5.28. The van der Waals surface area contributed by atoms with Crippen molar-refractivity contribution in [3.05, 3.63) is 155 Å². The summed E-state index contributed by atoms with van der Waals surface area (Å²) in [4.78, 5) is 2.29. The first-order valence-electron chi connectivity index (χ1n) is 14.0. The van der Waals surface area contributed by atoms with Gasteiger partial charge in [-0.25, -0.2) is 0 Å². The molecular formula is C38H33NO2. The van der Waals surface area contributed by atoms with Crippen molar-refractivity contribution in [1.29, 1.82) is 0 Å². The molecule has 0 amide bonds. The van der Waals surface area contributed by atoms with E-state index in [9.17, 15) is 5.11 Å². The Morgan fingerprint density at radius 3 is 1.95 bits per heavy atom. The van der Waals surface area contributed by atoms with Crippen LogP contribution in [0.15, 0.2) is 133 Å². The summed E-state index contributed by atoms with van der Waals surface area (Å²) in [5.74, 6) is 0.827. The lowest BCUT2D eigenvalue weighted by atomic mass is 10.0. The van der Waals surface area contributed by atoms with E-state index >= 15 is 0 Å². The standard InChI is InChI=1S/C38H33NO2/c1-27-12-17-37(18-13-27)39(36-10-4-3-5-11-36)38-19-16-32-21-29(14-15-33(32)24-38)20-28(2)41-26-35-23-31-9-7-6-8-30(31)22-34(35)25-40/h3-24,40H,25-26H2,1-2H3. The Labute approximate surface area is 241 Å². The molecule has 3 nitrogen and oxygen atoms in total. The van der Waals surface area contributed by atoms with Crippen LogP contribution in [-0.2, 0) is 18.0 Å². The van der Waals surface area contributed by atoms with Gasteiger partial charge < -0.3 is 14.7 Å². The van der Waals surface area contributed by atoms with E-state index in [2.05, 4.69) is 121 Å². The molecule has 0 atom stereocenters. The van der Waals surface area contributed by atoms with Gasteiger partial charge in [0.1, 0.15) is 6.61 Å². The van der Waals surface area contributed by atoms with Crippen LogP contribution in [0.5, 0.6) is 0 Å². The average Bonchev–Trinajstić information content (AvgIpc) is 3.01. The molecule has 1 N–H and O–H groups in total. The number of aryl methyl sites for hydroxylation is 1. The number of aliphatic hydroxyl groups is 1.